The van der Waals surface area contributed by atoms with Gasteiger partial charge in [0, 0.05) is 18.3 Å². The van der Waals surface area contributed by atoms with Crippen LogP contribution in [-0.4, -0.2) is 19.0 Å². The Morgan fingerprint density at radius 2 is 2.04 bits per heavy atom. The Labute approximate surface area is 155 Å². The highest BCUT2D eigenvalue weighted by molar-refractivity contribution is 5.90. The van der Waals surface area contributed by atoms with E-state index in [0.29, 0.717) is 0 Å². The molecule has 26 heavy (non-hydrogen) atoms. The quantitative estimate of drug-likeness (QED) is 0.705. The number of fused-ring (bicyclic) bond motifs is 4. The van der Waals surface area contributed by atoms with Crippen molar-refractivity contribution in [1.29, 1.82) is 0 Å². The van der Waals surface area contributed by atoms with Crippen LogP contribution >= 0.6 is 0 Å². The number of aryl methyl sites for hydroxylation is 1. The second kappa shape index (κ2) is 5.23. The van der Waals surface area contributed by atoms with E-state index in [1.54, 1.807) is 0 Å². The van der Waals surface area contributed by atoms with Gasteiger partial charge >= 0.3 is 0 Å². The van der Waals surface area contributed by atoms with Crippen LogP contribution in [0.1, 0.15) is 43.4 Å². The van der Waals surface area contributed by atoms with Crippen molar-refractivity contribution in [2.75, 3.05) is 11.9 Å². The lowest BCUT2D eigenvalue weighted by Gasteiger charge is -2.46. The second-order valence-corrected chi connectivity index (χ2v) is 7.74. The predicted molar refractivity (Wildman–Crippen MR) is 108 cm³/mol. The number of anilines is 1. The first-order chi connectivity index (χ1) is 12.6. The number of para-hydroxylation sites is 1. The van der Waals surface area contributed by atoms with Crippen molar-refractivity contribution in [1.82, 2.24) is 0 Å². The summed E-state index contributed by atoms with van der Waals surface area (Å²) in [5.74, 6) is 0.886. The number of allylic oxidation sites excluding steroid dienone is 1. The zero-order chi connectivity index (χ0) is 17.9. The molecule has 3 aliphatic rings. The lowest BCUT2D eigenvalue weighted by molar-refractivity contribution is 0.0704. The number of rotatable bonds is 1. The van der Waals surface area contributed by atoms with Gasteiger partial charge in [0.1, 0.15) is 11.4 Å². The number of likely N-dealkylation sites (N-methyl/N-ethyl adjacent to an activating group) is 1. The molecule has 5 rings (SSSR count). The van der Waals surface area contributed by atoms with Crippen LogP contribution in [0.4, 0.5) is 11.4 Å². The molecule has 0 radical (unpaired) electrons. The lowest BCUT2D eigenvalue weighted by Crippen LogP contribution is -2.61. The van der Waals surface area contributed by atoms with E-state index in [4.69, 9.17) is 9.73 Å². The van der Waals surface area contributed by atoms with Crippen LogP contribution in [0.15, 0.2) is 47.5 Å². The first kappa shape index (κ1) is 15.7. The summed E-state index contributed by atoms with van der Waals surface area (Å²) in [5.41, 5.74) is 5.37. The van der Waals surface area contributed by atoms with Crippen molar-refractivity contribution in [3.05, 3.63) is 59.2 Å². The monoisotopic (exact) mass is 344 g/mol. The molecule has 2 unspecified atom stereocenters. The smallest absolute Gasteiger partial charge is 0.228 e. The molecule has 0 N–H and O–H groups in total. The summed E-state index contributed by atoms with van der Waals surface area (Å²) in [6.07, 6.45) is 9.63. The van der Waals surface area contributed by atoms with Crippen LogP contribution in [0.5, 0.6) is 5.75 Å². The van der Waals surface area contributed by atoms with E-state index in [0.717, 1.165) is 30.7 Å². The van der Waals surface area contributed by atoms with Crippen LogP contribution in [0, 0.1) is 0 Å². The minimum Gasteiger partial charge on any atom is -0.459 e. The summed E-state index contributed by atoms with van der Waals surface area (Å²) in [4.78, 5) is 7.23. The lowest BCUT2D eigenvalue weighted by atomic mass is 9.73. The topological polar surface area (TPSA) is 24.8 Å². The zero-order valence-electron chi connectivity index (χ0n) is 15.6. The normalized spacial score (nSPS) is 27.9. The second-order valence-electron chi connectivity index (χ2n) is 7.74. The van der Waals surface area contributed by atoms with Gasteiger partial charge in [-0.25, -0.2) is 0 Å². The third-order valence-electron chi connectivity index (χ3n) is 6.63. The van der Waals surface area contributed by atoms with Crippen molar-refractivity contribution >= 4 is 23.7 Å². The van der Waals surface area contributed by atoms with Gasteiger partial charge in [-0.3, -0.25) is 4.99 Å². The number of hydrogen-bond acceptors (Lipinski definition) is 3. The Morgan fingerprint density at radius 3 is 2.88 bits per heavy atom. The standard InChI is InChI=1S/C23H24N2O/c1-4-22(2)18-11-7-8-12-19(18)25(3)23(22)15-24-21-17-10-6-5-9-16(17)13-14-20(21)26-23/h6-8,10-15H,4-5,9H2,1-3H3. The zero-order valence-corrected chi connectivity index (χ0v) is 15.6. The van der Waals surface area contributed by atoms with E-state index in [9.17, 15) is 0 Å². The molecule has 2 aliphatic heterocycles. The molecule has 2 heterocycles. The van der Waals surface area contributed by atoms with Gasteiger partial charge in [0.2, 0.25) is 5.72 Å². The number of aliphatic imine (C=N–C) groups is 1. The molecule has 3 nitrogen and oxygen atoms in total. The van der Waals surface area contributed by atoms with Crippen LogP contribution in [0.25, 0.3) is 6.08 Å². The molecule has 1 spiro atoms. The number of benzene rings is 2. The minimum atomic E-state index is -0.592. The van der Waals surface area contributed by atoms with Crippen molar-refractivity contribution < 1.29 is 4.74 Å². The fourth-order valence-corrected chi connectivity index (χ4v) is 4.86. The van der Waals surface area contributed by atoms with Gasteiger partial charge in [0.15, 0.2) is 0 Å². The Hall–Kier alpha value is -2.55. The van der Waals surface area contributed by atoms with Gasteiger partial charge in [-0.05, 0) is 49.4 Å². The number of nitrogens with zero attached hydrogens (tertiary/aromatic N) is 2. The summed E-state index contributed by atoms with van der Waals surface area (Å²) in [6, 6.07) is 12.9. The molecule has 3 heteroatoms. The fourth-order valence-electron chi connectivity index (χ4n) is 4.86. The van der Waals surface area contributed by atoms with E-state index < -0.39 is 5.72 Å². The predicted octanol–water partition coefficient (Wildman–Crippen LogP) is 5.25. The highest BCUT2D eigenvalue weighted by Crippen LogP contribution is 2.55. The van der Waals surface area contributed by atoms with Crippen molar-refractivity contribution in [3.63, 3.8) is 0 Å². The Kier molecular flexibility index (Phi) is 3.15. The Bertz CT molecular complexity index is 961. The maximum absolute atomic E-state index is 6.79. The molecule has 1 aliphatic carbocycles. The van der Waals surface area contributed by atoms with E-state index in [-0.39, 0.29) is 5.41 Å². The van der Waals surface area contributed by atoms with Crippen molar-refractivity contribution in [3.8, 4) is 5.75 Å². The van der Waals surface area contributed by atoms with Crippen molar-refractivity contribution in [2.24, 2.45) is 4.99 Å². The Balaban J connectivity index is 1.69. The SMILES string of the molecule is CCC1(C)c2ccccc2N(C)C12C=Nc1c(ccc3c1C=CCC3)O2. The van der Waals surface area contributed by atoms with Gasteiger partial charge in [0.05, 0.1) is 11.6 Å². The van der Waals surface area contributed by atoms with Crippen LogP contribution in [0.2, 0.25) is 0 Å². The number of ether oxygens (including phenoxy) is 1. The van der Waals surface area contributed by atoms with Crippen molar-refractivity contribution in [2.45, 2.75) is 44.2 Å². The average molecular weight is 344 g/mol. The molecular formula is C23H24N2O. The molecular weight excluding hydrogens is 320 g/mol. The molecule has 2 atom stereocenters. The van der Waals surface area contributed by atoms with E-state index in [1.165, 1.54) is 22.4 Å². The van der Waals surface area contributed by atoms with Crippen LogP contribution in [0.3, 0.4) is 0 Å². The van der Waals surface area contributed by atoms with Gasteiger partial charge in [0.25, 0.3) is 0 Å². The third-order valence-corrected chi connectivity index (χ3v) is 6.63. The molecule has 0 saturated heterocycles. The summed E-state index contributed by atoms with van der Waals surface area (Å²) in [6.45, 7) is 4.53. The molecule has 0 amide bonds. The summed E-state index contributed by atoms with van der Waals surface area (Å²) in [5, 5.41) is 0. The van der Waals surface area contributed by atoms with Gasteiger partial charge in [-0.1, -0.05) is 43.3 Å². The van der Waals surface area contributed by atoms with Gasteiger partial charge in [-0.2, -0.15) is 0 Å². The average Bonchev–Trinajstić information content (AvgIpc) is 2.88. The van der Waals surface area contributed by atoms with Gasteiger partial charge < -0.3 is 9.64 Å². The van der Waals surface area contributed by atoms with E-state index in [1.807, 2.05) is 6.21 Å². The number of hydrogen-bond donors (Lipinski definition) is 0. The fraction of sp³-hybridized carbons (Fsp3) is 0.348. The third kappa shape index (κ3) is 1.76. The highest BCUT2D eigenvalue weighted by atomic mass is 16.5. The molecule has 0 aromatic heterocycles. The molecule has 132 valence electrons. The summed E-state index contributed by atoms with van der Waals surface area (Å²) >= 11 is 0. The molecule has 0 bridgehead atoms. The van der Waals surface area contributed by atoms with Crippen LogP contribution < -0.4 is 9.64 Å². The van der Waals surface area contributed by atoms with Crippen LogP contribution in [-0.2, 0) is 11.8 Å². The maximum Gasteiger partial charge on any atom is 0.228 e. The largest absolute Gasteiger partial charge is 0.459 e. The summed E-state index contributed by atoms with van der Waals surface area (Å²) in [7, 11) is 2.12. The summed E-state index contributed by atoms with van der Waals surface area (Å²) < 4.78 is 6.79. The first-order valence-electron chi connectivity index (χ1n) is 9.51. The van der Waals surface area contributed by atoms with E-state index >= 15 is 0 Å². The molecule has 2 aromatic carbocycles. The highest BCUT2D eigenvalue weighted by Gasteiger charge is 2.60. The maximum atomic E-state index is 6.79. The molecule has 0 saturated carbocycles. The first-order valence-corrected chi connectivity index (χ1v) is 9.51. The van der Waals surface area contributed by atoms with E-state index in [2.05, 4.69) is 74.3 Å². The molecule has 2 aromatic rings. The van der Waals surface area contributed by atoms with Gasteiger partial charge in [-0.15, -0.1) is 0 Å². The Morgan fingerprint density at radius 1 is 1.19 bits per heavy atom. The molecule has 0 fully saturated rings. The minimum absolute atomic E-state index is 0.161.